The molecule has 0 saturated heterocycles. The molecular formula is C24H23NO3. The second-order valence-corrected chi connectivity index (χ2v) is 7.63. The first-order chi connectivity index (χ1) is 13.7. The maximum absolute atomic E-state index is 10.2. The first kappa shape index (κ1) is 17.1. The number of aromatic hydroxyl groups is 2. The molecule has 2 N–H and O–H groups in total. The second kappa shape index (κ2) is 6.57. The van der Waals surface area contributed by atoms with Crippen molar-refractivity contribution in [3.63, 3.8) is 0 Å². The van der Waals surface area contributed by atoms with Crippen LogP contribution < -0.4 is 4.74 Å². The van der Waals surface area contributed by atoms with Gasteiger partial charge in [0.15, 0.2) is 11.5 Å². The minimum atomic E-state index is -0.0553. The van der Waals surface area contributed by atoms with E-state index in [1.165, 1.54) is 16.7 Å². The van der Waals surface area contributed by atoms with Crippen LogP contribution in [0.15, 0.2) is 60.7 Å². The molecule has 0 radical (unpaired) electrons. The Hall–Kier alpha value is -2.98. The van der Waals surface area contributed by atoms with Crippen molar-refractivity contribution >= 4 is 0 Å². The van der Waals surface area contributed by atoms with Crippen molar-refractivity contribution in [3.05, 3.63) is 88.5 Å². The van der Waals surface area contributed by atoms with Crippen LogP contribution in [-0.2, 0) is 12.8 Å². The molecule has 0 bridgehead atoms. The third-order valence-electron chi connectivity index (χ3n) is 6.14. The zero-order chi connectivity index (χ0) is 19.3. The molecule has 3 aromatic carbocycles. The van der Waals surface area contributed by atoms with E-state index in [4.69, 9.17) is 4.74 Å². The molecule has 2 atom stereocenters. The van der Waals surface area contributed by atoms with E-state index in [0.717, 1.165) is 36.3 Å². The molecule has 0 aromatic heterocycles. The SMILES string of the molecule is COc1ccc2c(c1)CCN1C2Cc2cc(O)c(O)cc2C1c1ccccc1. The zero-order valence-electron chi connectivity index (χ0n) is 15.8. The smallest absolute Gasteiger partial charge is 0.157 e. The highest BCUT2D eigenvalue weighted by Crippen LogP contribution is 2.48. The largest absolute Gasteiger partial charge is 0.504 e. The van der Waals surface area contributed by atoms with Crippen LogP contribution in [0.2, 0.25) is 0 Å². The first-order valence-corrected chi connectivity index (χ1v) is 9.68. The van der Waals surface area contributed by atoms with Gasteiger partial charge in [0, 0.05) is 12.6 Å². The molecule has 28 heavy (non-hydrogen) atoms. The van der Waals surface area contributed by atoms with Gasteiger partial charge in [-0.1, -0.05) is 36.4 Å². The Bertz CT molecular complexity index is 1030. The van der Waals surface area contributed by atoms with Crippen molar-refractivity contribution < 1.29 is 14.9 Å². The Labute approximate surface area is 164 Å². The monoisotopic (exact) mass is 373 g/mol. The number of nitrogens with zero attached hydrogens (tertiary/aromatic N) is 1. The van der Waals surface area contributed by atoms with E-state index in [0.29, 0.717) is 0 Å². The van der Waals surface area contributed by atoms with Crippen molar-refractivity contribution in [2.45, 2.75) is 24.9 Å². The van der Waals surface area contributed by atoms with Crippen molar-refractivity contribution in [3.8, 4) is 17.2 Å². The number of hydrogen-bond acceptors (Lipinski definition) is 4. The van der Waals surface area contributed by atoms with Gasteiger partial charge in [-0.2, -0.15) is 0 Å². The van der Waals surface area contributed by atoms with Gasteiger partial charge in [0.1, 0.15) is 5.75 Å². The number of methoxy groups -OCH3 is 1. The lowest BCUT2D eigenvalue weighted by atomic mass is 9.78. The third-order valence-corrected chi connectivity index (χ3v) is 6.14. The zero-order valence-corrected chi connectivity index (χ0v) is 15.8. The van der Waals surface area contributed by atoms with Gasteiger partial charge in [-0.05, 0) is 64.9 Å². The van der Waals surface area contributed by atoms with Crippen LogP contribution in [0, 0.1) is 0 Å². The van der Waals surface area contributed by atoms with Crippen LogP contribution in [0.1, 0.15) is 39.9 Å². The van der Waals surface area contributed by atoms with E-state index in [9.17, 15) is 10.2 Å². The minimum absolute atomic E-state index is 0.0511. The molecule has 5 rings (SSSR count). The Balaban J connectivity index is 1.68. The number of hydrogen-bond donors (Lipinski definition) is 2. The standard InChI is InChI=1S/C24H23NO3/c1-28-18-7-8-19-16(11-18)9-10-25-21(19)12-17-13-22(26)23(27)14-20(17)24(25)15-5-3-2-4-6-15/h2-8,11,13-14,21,24,26-27H,9-10,12H2,1H3. The average molecular weight is 373 g/mol. The molecule has 4 heteroatoms. The lowest BCUT2D eigenvalue weighted by Crippen LogP contribution is -2.43. The molecule has 3 aromatic rings. The van der Waals surface area contributed by atoms with Crippen LogP contribution in [-0.4, -0.2) is 28.8 Å². The van der Waals surface area contributed by atoms with E-state index >= 15 is 0 Å². The molecule has 4 nitrogen and oxygen atoms in total. The van der Waals surface area contributed by atoms with Gasteiger partial charge in [0.25, 0.3) is 0 Å². The summed E-state index contributed by atoms with van der Waals surface area (Å²) in [5.74, 6) is 0.788. The van der Waals surface area contributed by atoms with Gasteiger partial charge in [0.05, 0.1) is 13.2 Å². The molecule has 0 saturated carbocycles. The summed E-state index contributed by atoms with van der Waals surface area (Å²) in [6.45, 7) is 0.936. The van der Waals surface area contributed by atoms with Crippen LogP contribution in [0.3, 0.4) is 0 Å². The lowest BCUT2D eigenvalue weighted by molar-refractivity contribution is 0.128. The quantitative estimate of drug-likeness (QED) is 0.656. The Morgan fingerprint density at radius 3 is 2.46 bits per heavy atom. The van der Waals surface area contributed by atoms with Gasteiger partial charge in [-0.3, -0.25) is 4.90 Å². The van der Waals surface area contributed by atoms with E-state index in [-0.39, 0.29) is 23.6 Å². The van der Waals surface area contributed by atoms with Crippen molar-refractivity contribution in [1.29, 1.82) is 0 Å². The van der Waals surface area contributed by atoms with E-state index in [1.807, 2.05) is 12.1 Å². The summed E-state index contributed by atoms with van der Waals surface area (Å²) in [4.78, 5) is 2.53. The summed E-state index contributed by atoms with van der Waals surface area (Å²) in [7, 11) is 1.70. The molecule has 0 fully saturated rings. The van der Waals surface area contributed by atoms with Gasteiger partial charge in [-0.25, -0.2) is 0 Å². The van der Waals surface area contributed by atoms with Crippen molar-refractivity contribution in [2.75, 3.05) is 13.7 Å². The normalized spacial score (nSPS) is 20.8. The summed E-state index contributed by atoms with van der Waals surface area (Å²) in [5.41, 5.74) is 6.03. The van der Waals surface area contributed by atoms with Crippen LogP contribution in [0.5, 0.6) is 17.2 Å². The van der Waals surface area contributed by atoms with E-state index in [1.54, 1.807) is 19.2 Å². The highest BCUT2D eigenvalue weighted by Gasteiger charge is 2.39. The number of phenols is 2. The molecule has 0 amide bonds. The Morgan fingerprint density at radius 2 is 1.68 bits per heavy atom. The number of rotatable bonds is 2. The third kappa shape index (κ3) is 2.64. The maximum Gasteiger partial charge on any atom is 0.157 e. The fourth-order valence-electron chi connectivity index (χ4n) is 4.83. The molecule has 0 spiro atoms. The minimum Gasteiger partial charge on any atom is -0.504 e. The van der Waals surface area contributed by atoms with Gasteiger partial charge in [0.2, 0.25) is 0 Å². The molecule has 142 valence electrons. The summed E-state index contributed by atoms with van der Waals surface area (Å²) < 4.78 is 5.42. The van der Waals surface area contributed by atoms with E-state index in [2.05, 4.69) is 41.3 Å². The Kier molecular flexibility index (Phi) is 4.02. The molecule has 2 aliphatic heterocycles. The van der Waals surface area contributed by atoms with Gasteiger partial charge < -0.3 is 14.9 Å². The van der Waals surface area contributed by atoms with Crippen molar-refractivity contribution in [1.82, 2.24) is 4.90 Å². The Morgan fingerprint density at radius 1 is 0.893 bits per heavy atom. The highest BCUT2D eigenvalue weighted by atomic mass is 16.5. The second-order valence-electron chi connectivity index (χ2n) is 7.63. The maximum atomic E-state index is 10.2. The lowest BCUT2D eigenvalue weighted by Gasteiger charge is -2.47. The fraction of sp³-hybridized carbons (Fsp3) is 0.250. The number of ether oxygens (including phenoxy) is 1. The molecule has 2 aliphatic rings. The van der Waals surface area contributed by atoms with Crippen molar-refractivity contribution in [2.24, 2.45) is 0 Å². The van der Waals surface area contributed by atoms with Gasteiger partial charge in [-0.15, -0.1) is 0 Å². The van der Waals surface area contributed by atoms with Gasteiger partial charge >= 0.3 is 0 Å². The topological polar surface area (TPSA) is 52.9 Å². The van der Waals surface area contributed by atoms with E-state index < -0.39 is 0 Å². The molecule has 0 aliphatic carbocycles. The first-order valence-electron chi connectivity index (χ1n) is 9.68. The van der Waals surface area contributed by atoms with Crippen LogP contribution in [0.25, 0.3) is 0 Å². The van der Waals surface area contributed by atoms with Crippen LogP contribution in [0.4, 0.5) is 0 Å². The average Bonchev–Trinajstić information content (AvgIpc) is 2.73. The predicted molar refractivity (Wildman–Crippen MR) is 108 cm³/mol. The number of phenolic OH excluding ortho intramolecular Hbond substituents is 2. The summed E-state index contributed by atoms with van der Waals surface area (Å²) in [6.07, 6.45) is 1.78. The predicted octanol–water partition coefficient (Wildman–Crippen LogP) is 4.35. The molecular weight excluding hydrogens is 350 g/mol. The molecule has 2 unspecified atom stereocenters. The highest BCUT2D eigenvalue weighted by molar-refractivity contribution is 5.52. The summed E-state index contributed by atoms with van der Waals surface area (Å²) in [5, 5.41) is 20.3. The molecule has 2 heterocycles. The fourth-order valence-corrected chi connectivity index (χ4v) is 4.83. The summed E-state index contributed by atoms with van der Waals surface area (Å²) >= 11 is 0. The summed E-state index contributed by atoms with van der Waals surface area (Å²) in [6, 6.07) is 20.5. The number of fused-ring (bicyclic) bond motifs is 4. The van der Waals surface area contributed by atoms with Crippen LogP contribution >= 0.6 is 0 Å². The number of benzene rings is 3.